The quantitative estimate of drug-likeness (QED) is 0.268. The lowest BCUT2D eigenvalue weighted by molar-refractivity contribution is -0.247. The van der Waals surface area contributed by atoms with Gasteiger partial charge in [0.25, 0.3) is 0 Å². The molecule has 1 heterocycles. The van der Waals surface area contributed by atoms with Crippen molar-refractivity contribution in [2.24, 2.45) is 40.4 Å². The van der Waals surface area contributed by atoms with Gasteiger partial charge in [0.05, 0.1) is 30.5 Å². The van der Waals surface area contributed by atoms with E-state index in [0.717, 1.165) is 31.1 Å². The Kier molecular flexibility index (Phi) is 10.6. The lowest BCUT2D eigenvalue weighted by Crippen LogP contribution is -2.50. The molecule has 5 nitrogen and oxygen atoms in total. The molecule has 5 heteroatoms. The number of aliphatic hydroxyl groups is 3. The second-order valence-electron chi connectivity index (χ2n) is 15.9. The molecule has 4 aliphatic rings. The Morgan fingerprint density at radius 2 is 1.85 bits per heavy atom. The first kappa shape index (κ1) is 32.5. The lowest BCUT2D eigenvalue weighted by atomic mass is 9.49. The minimum absolute atomic E-state index is 0.0691. The standard InChI is InChI=1S/C35H62O5/c1-23(10-8-17-34(5,6)38)25-11-9-18-35(7)29-13-14-30(40-32-21-26(37)20-27(22-36)39-32)24(2)28(29)12-15-31(35)33(3,4)19-16-25/h12,23-27,29-32,36-38H,8-11,13-22H2,1-7H3/t23-,24-,25?,26+,27+,29?,30+,31?,32+,35+/m1/s1. The van der Waals surface area contributed by atoms with E-state index in [1.165, 1.54) is 51.4 Å². The second kappa shape index (κ2) is 13.0. The molecule has 2 saturated carbocycles. The number of hydrogen-bond acceptors (Lipinski definition) is 5. The molecular weight excluding hydrogens is 500 g/mol. The normalized spacial score (nSPS) is 41.5. The molecule has 3 aliphatic carbocycles. The summed E-state index contributed by atoms with van der Waals surface area (Å²) in [7, 11) is 0. The van der Waals surface area contributed by atoms with Gasteiger partial charge in [-0.2, -0.15) is 0 Å². The Hall–Kier alpha value is -0.460. The van der Waals surface area contributed by atoms with Crippen LogP contribution in [0, 0.1) is 40.4 Å². The van der Waals surface area contributed by atoms with Gasteiger partial charge in [-0.25, -0.2) is 0 Å². The minimum Gasteiger partial charge on any atom is -0.394 e. The molecule has 10 atom stereocenters. The van der Waals surface area contributed by atoms with Crippen LogP contribution in [0.15, 0.2) is 11.6 Å². The third-order valence-electron chi connectivity index (χ3n) is 11.9. The number of rotatable bonds is 8. The summed E-state index contributed by atoms with van der Waals surface area (Å²) < 4.78 is 12.5. The molecule has 3 unspecified atom stereocenters. The summed E-state index contributed by atoms with van der Waals surface area (Å²) in [6, 6.07) is 0. The molecule has 0 aromatic heterocycles. The maximum absolute atomic E-state index is 10.3. The first-order chi connectivity index (χ1) is 18.7. The molecule has 0 spiro atoms. The van der Waals surface area contributed by atoms with E-state index in [4.69, 9.17) is 9.47 Å². The van der Waals surface area contributed by atoms with Crippen LogP contribution < -0.4 is 0 Å². The van der Waals surface area contributed by atoms with Crippen molar-refractivity contribution in [1.29, 1.82) is 0 Å². The summed E-state index contributed by atoms with van der Waals surface area (Å²) in [5.74, 6) is 3.17. The van der Waals surface area contributed by atoms with Crippen LogP contribution in [0.3, 0.4) is 0 Å². The van der Waals surface area contributed by atoms with Crippen LogP contribution in [0.4, 0.5) is 0 Å². The van der Waals surface area contributed by atoms with E-state index in [0.29, 0.717) is 41.4 Å². The molecule has 3 fully saturated rings. The molecule has 232 valence electrons. The predicted molar refractivity (Wildman–Crippen MR) is 162 cm³/mol. The molecule has 4 rings (SSSR count). The fourth-order valence-electron chi connectivity index (χ4n) is 9.46. The Balaban J connectivity index is 1.43. The van der Waals surface area contributed by atoms with E-state index in [1.54, 1.807) is 5.57 Å². The lowest BCUT2D eigenvalue weighted by Gasteiger charge is -2.57. The highest BCUT2D eigenvalue weighted by Crippen LogP contribution is 2.61. The van der Waals surface area contributed by atoms with Crippen LogP contribution in [0.1, 0.15) is 132 Å². The number of aliphatic hydroxyl groups excluding tert-OH is 2. The average molecular weight is 563 g/mol. The van der Waals surface area contributed by atoms with Crippen molar-refractivity contribution < 1.29 is 24.8 Å². The van der Waals surface area contributed by atoms with Gasteiger partial charge in [-0.15, -0.1) is 0 Å². The van der Waals surface area contributed by atoms with Crippen LogP contribution in [0.2, 0.25) is 0 Å². The molecule has 3 N–H and O–H groups in total. The highest BCUT2D eigenvalue weighted by atomic mass is 16.7. The van der Waals surface area contributed by atoms with E-state index >= 15 is 0 Å². The van der Waals surface area contributed by atoms with Gasteiger partial charge >= 0.3 is 0 Å². The Morgan fingerprint density at radius 3 is 2.55 bits per heavy atom. The fraction of sp³-hybridized carbons (Fsp3) is 0.943. The third-order valence-corrected chi connectivity index (χ3v) is 11.9. The van der Waals surface area contributed by atoms with E-state index < -0.39 is 18.0 Å². The summed E-state index contributed by atoms with van der Waals surface area (Å²) in [4.78, 5) is 0. The van der Waals surface area contributed by atoms with Crippen molar-refractivity contribution >= 4 is 0 Å². The maximum Gasteiger partial charge on any atom is 0.160 e. The van der Waals surface area contributed by atoms with Crippen LogP contribution in [-0.4, -0.2) is 52.1 Å². The van der Waals surface area contributed by atoms with Crippen molar-refractivity contribution in [1.82, 2.24) is 0 Å². The van der Waals surface area contributed by atoms with E-state index in [2.05, 4.69) is 40.7 Å². The number of fused-ring (bicyclic) bond motifs is 3. The van der Waals surface area contributed by atoms with Crippen LogP contribution in [0.5, 0.6) is 0 Å². The van der Waals surface area contributed by atoms with Crippen molar-refractivity contribution in [2.75, 3.05) is 6.61 Å². The smallest absolute Gasteiger partial charge is 0.160 e. The second-order valence-corrected chi connectivity index (χ2v) is 15.9. The van der Waals surface area contributed by atoms with Gasteiger partial charge in [0.15, 0.2) is 6.29 Å². The first-order valence-electron chi connectivity index (χ1n) is 16.8. The predicted octanol–water partition coefficient (Wildman–Crippen LogP) is 7.41. The zero-order chi connectivity index (χ0) is 29.3. The summed E-state index contributed by atoms with van der Waals surface area (Å²) in [6.45, 7) is 16.4. The molecule has 1 aliphatic heterocycles. The van der Waals surface area contributed by atoms with Crippen molar-refractivity contribution in [3.8, 4) is 0 Å². The Morgan fingerprint density at radius 1 is 1.10 bits per heavy atom. The summed E-state index contributed by atoms with van der Waals surface area (Å²) >= 11 is 0. The van der Waals surface area contributed by atoms with E-state index in [9.17, 15) is 15.3 Å². The van der Waals surface area contributed by atoms with Crippen molar-refractivity contribution in [3.63, 3.8) is 0 Å². The van der Waals surface area contributed by atoms with Crippen LogP contribution >= 0.6 is 0 Å². The van der Waals surface area contributed by atoms with Gasteiger partial charge in [0, 0.05) is 18.8 Å². The SMILES string of the molecule is C[C@H](CCCC(C)(C)O)C1CCC[C@@]2(C)C3CC[C@H](O[C@H]4C[C@@H](O)C[C@@H](CO)O4)[C@H](C)C3=CCC2C(C)(C)CC1. The molecule has 40 heavy (non-hydrogen) atoms. The maximum atomic E-state index is 10.3. The zero-order valence-electron chi connectivity index (χ0n) is 26.8. The number of hydrogen-bond donors (Lipinski definition) is 3. The average Bonchev–Trinajstić information content (AvgIpc) is 2.91. The topological polar surface area (TPSA) is 79.2 Å². The molecule has 0 aromatic rings. The molecular formula is C35H62O5. The Labute approximate surface area is 245 Å². The largest absolute Gasteiger partial charge is 0.394 e. The van der Waals surface area contributed by atoms with E-state index in [1.807, 2.05) is 13.8 Å². The zero-order valence-corrected chi connectivity index (χ0v) is 26.8. The Bertz CT molecular complexity index is 845. The monoisotopic (exact) mass is 562 g/mol. The van der Waals surface area contributed by atoms with E-state index in [-0.39, 0.29) is 18.8 Å². The summed E-state index contributed by atoms with van der Waals surface area (Å²) in [6.07, 6.45) is 15.7. The highest BCUT2D eigenvalue weighted by Gasteiger charge is 2.53. The fourth-order valence-corrected chi connectivity index (χ4v) is 9.46. The third kappa shape index (κ3) is 7.54. The van der Waals surface area contributed by atoms with Crippen molar-refractivity contribution in [2.45, 2.75) is 162 Å². The van der Waals surface area contributed by atoms with Gasteiger partial charge in [0.1, 0.15) is 0 Å². The van der Waals surface area contributed by atoms with Crippen LogP contribution in [-0.2, 0) is 9.47 Å². The molecule has 0 aromatic carbocycles. The van der Waals surface area contributed by atoms with Gasteiger partial charge in [-0.05, 0) is 93.3 Å². The molecule has 0 radical (unpaired) electrons. The van der Waals surface area contributed by atoms with Crippen LogP contribution in [0.25, 0.3) is 0 Å². The first-order valence-corrected chi connectivity index (χ1v) is 16.8. The summed E-state index contributed by atoms with van der Waals surface area (Å²) in [5.41, 5.74) is 1.68. The minimum atomic E-state index is -0.553. The molecule has 0 bridgehead atoms. The number of allylic oxidation sites excluding steroid dienone is 1. The molecule has 0 amide bonds. The van der Waals surface area contributed by atoms with Gasteiger partial charge in [-0.1, -0.05) is 72.0 Å². The molecule has 1 saturated heterocycles. The van der Waals surface area contributed by atoms with Gasteiger partial charge < -0.3 is 24.8 Å². The van der Waals surface area contributed by atoms with Crippen molar-refractivity contribution in [3.05, 3.63) is 11.6 Å². The number of ether oxygens (including phenoxy) is 2. The van der Waals surface area contributed by atoms with Gasteiger partial charge in [-0.3, -0.25) is 0 Å². The summed E-state index contributed by atoms with van der Waals surface area (Å²) in [5, 5.41) is 30.1. The van der Waals surface area contributed by atoms with Gasteiger partial charge in [0.2, 0.25) is 0 Å². The highest BCUT2D eigenvalue weighted by molar-refractivity contribution is 5.24.